The lowest BCUT2D eigenvalue weighted by Crippen LogP contribution is -2.40. The fraction of sp³-hybridized carbons (Fsp3) is 0.538. The minimum absolute atomic E-state index is 0.0633. The molecule has 0 aromatic heterocycles. The van der Waals surface area contributed by atoms with Gasteiger partial charge in [0.05, 0.1) is 19.3 Å². The van der Waals surface area contributed by atoms with Crippen LogP contribution in [0.25, 0.3) is 0 Å². The summed E-state index contributed by atoms with van der Waals surface area (Å²) < 4.78 is 11.1. The first-order valence-corrected chi connectivity index (χ1v) is 11.3. The number of phenols is 1. The van der Waals surface area contributed by atoms with Crippen molar-refractivity contribution >= 4 is 11.6 Å². The smallest absolute Gasteiger partial charge is 0.228 e. The maximum atomic E-state index is 12.9. The maximum Gasteiger partial charge on any atom is 0.228 e. The SMILES string of the molecule is C=C1CCCC(C)(C)C1CC[C@]1(C)c2c(O)cc3c(c2O[C@@H]1CO)C(=O)C=C(OC)C3=O. The summed E-state index contributed by atoms with van der Waals surface area (Å²) in [5, 5.41) is 21.1. The van der Waals surface area contributed by atoms with Gasteiger partial charge in [-0.3, -0.25) is 9.59 Å². The standard InChI is InChI=1S/C26H32O6/c1-14-7-6-9-25(2,3)16(14)8-10-26(4)20(13-27)32-24-21-15(11-18(29)22(24)26)23(30)19(31-5)12-17(21)28/h11-12,16,20,27,29H,1,6-10,13H2,2-5H3/t16?,20-,26+/m1/s1. The lowest BCUT2D eigenvalue weighted by atomic mass is 9.63. The molecule has 2 N–H and O–H groups in total. The third kappa shape index (κ3) is 3.27. The number of aromatic hydroxyl groups is 1. The molecule has 1 unspecified atom stereocenters. The van der Waals surface area contributed by atoms with Crippen LogP contribution in [0.2, 0.25) is 0 Å². The number of fused-ring (bicyclic) bond motifs is 3. The molecule has 0 saturated heterocycles. The molecule has 0 bridgehead atoms. The first-order valence-electron chi connectivity index (χ1n) is 11.3. The van der Waals surface area contributed by atoms with Gasteiger partial charge in [0, 0.05) is 22.6 Å². The summed E-state index contributed by atoms with van der Waals surface area (Å²) in [5.41, 5.74) is 1.35. The summed E-state index contributed by atoms with van der Waals surface area (Å²) in [6.07, 6.45) is 5.29. The number of aliphatic hydroxyl groups is 1. The highest BCUT2D eigenvalue weighted by molar-refractivity contribution is 6.25. The molecule has 3 atom stereocenters. The van der Waals surface area contributed by atoms with Gasteiger partial charge < -0.3 is 19.7 Å². The maximum absolute atomic E-state index is 12.9. The van der Waals surface area contributed by atoms with Gasteiger partial charge >= 0.3 is 0 Å². The summed E-state index contributed by atoms with van der Waals surface area (Å²) in [6.45, 7) is 10.5. The highest BCUT2D eigenvalue weighted by atomic mass is 16.5. The van der Waals surface area contributed by atoms with E-state index in [1.165, 1.54) is 18.7 Å². The molecule has 0 amide bonds. The van der Waals surface area contributed by atoms with Crippen molar-refractivity contribution in [3.63, 3.8) is 0 Å². The van der Waals surface area contributed by atoms with Gasteiger partial charge in [0.1, 0.15) is 17.6 Å². The van der Waals surface area contributed by atoms with Crippen LogP contribution in [0.1, 0.15) is 79.2 Å². The highest BCUT2D eigenvalue weighted by Crippen LogP contribution is 2.55. The molecule has 0 radical (unpaired) electrons. The van der Waals surface area contributed by atoms with Crippen LogP contribution < -0.4 is 4.74 Å². The number of carbonyl (C=O) groups excluding carboxylic acids is 2. The van der Waals surface area contributed by atoms with Gasteiger partial charge in [-0.05, 0) is 49.5 Å². The van der Waals surface area contributed by atoms with Gasteiger partial charge in [0.2, 0.25) is 5.78 Å². The molecule has 2 aliphatic carbocycles. The number of ether oxygens (including phenoxy) is 2. The molecule has 3 aliphatic rings. The lowest BCUT2D eigenvalue weighted by Gasteiger charge is -2.42. The van der Waals surface area contributed by atoms with E-state index in [4.69, 9.17) is 9.47 Å². The molecule has 0 spiro atoms. The summed E-state index contributed by atoms with van der Waals surface area (Å²) in [6, 6.07) is 1.34. The summed E-state index contributed by atoms with van der Waals surface area (Å²) in [7, 11) is 1.32. The molecule has 1 aliphatic heterocycles. The van der Waals surface area contributed by atoms with Crippen molar-refractivity contribution in [2.45, 2.75) is 64.4 Å². The zero-order valence-corrected chi connectivity index (χ0v) is 19.3. The molecule has 1 heterocycles. The lowest BCUT2D eigenvalue weighted by molar-refractivity contribution is 0.0685. The van der Waals surface area contributed by atoms with Crippen molar-refractivity contribution in [2.24, 2.45) is 11.3 Å². The van der Waals surface area contributed by atoms with E-state index in [2.05, 4.69) is 20.4 Å². The number of Topliss-reactive ketones (excluding diaryl/α,β-unsaturated/α-hetero) is 1. The molecule has 32 heavy (non-hydrogen) atoms. The average molecular weight is 441 g/mol. The second-order valence-corrected chi connectivity index (χ2v) is 10.2. The minimum Gasteiger partial charge on any atom is -0.507 e. The number of aliphatic hydroxyl groups excluding tert-OH is 1. The summed E-state index contributed by atoms with van der Waals surface area (Å²) in [4.78, 5) is 25.6. The zero-order valence-electron chi connectivity index (χ0n) is 19.3. The van der Waals surface area contributed by atoms with Crippen LogP contribution in [-0.2, 0) is 10.2 Å². The van der Waals surface area contributed by atoms with Gasteiger partial charge in [-0.25, -0.2) is 0 Å². The van der Waals surface area contributed by atoms with Gasteiger partial charge in [-0.15, -0.1) is 0 Å². The van der Waals surface area contributed by atoms with E-state index in [9.17, 15) is 19.8 Å². The van der Waals surface area contributed by atoms with Gasteiger partial charge in [0.25, 0.3) is 0 Å². The molecule has 172 valence electrons. The zero-order chi connectivity index (χ0) is 23.4. The van der Waals surface area contributed by atoms with E-state index in [0.717, 1.165) is 31.8 Å². The molecule has 4 rings (SSSR count). The third-order valence-corrected chi connectivity index (χ3v) is 7.87. The Morgan fingerprint density at radius 2 is 2.00 bits per heavy atom. The first-order chi connectivity index (χ1) is 15.0. The Bertz CT molecular complexity index is 1030. The minimum atomic E-state index is -0.717. The van der Waals surface area contributed by atoms with Crippen LogP contribution in [0, 0.1) is 11.3 Å². The normalized spacial score (nSPS) is 28.7. The Morgan fingerprint density at radius 3 is 2.62 bits per heavy atom. The van der Waals surface area contributed by atoms with E-state index < -0.39 is 23.1 Å². The van der Waals surface area contributed by atoms with Crippen LogP contribution in [0.4, 0.5) is 0 Å². The van der Waals surface area contributed by atoms with E-state index >= 15 is 0 Å². The summed E-state index contributed by atoms with van der Waals surface area (Å²) >= 11 is 0. The van der Waals surface area contributed by atoms with Gasteiger partial charge in [0.15, 0.2) is 11.5 Å². The van der Waals surface area contributed by atoms with Crippen LogP contribution in [0.15, 0.2) is 30.1 Å². The topological polar surface area (TPSA) is 93.1 Å². The monoisotopic (exact) mass is 440 g/mol. The molecule has 1 aromatic carbocycles. The predicted octanol–water partition coefficient (Wildman–Crippen LogP) is 4.48. The highest BCUT2D eigenvalue weighted by Gasteiger charge is 2.50. The van der Waals surface area contributed by atoms with E-state index in [-0.39, 0.29) is 40.4 Å². The predicted molar refractivity (Wildman–Crippen MR) is 120 cm³/mol. The van der Waals surface area contributed by atoms with E-state index in [0.29, 0.717) is 17.9 Å². The number of rotatable bonds is 5. The van der Waals surface area contributed by atoms with Crippen LogP contribution in [0.5, 0.6) is 11.5 Å². The first kappa shape index (κ1) is 22.6. The molecule has 6 nitrogen and oxygen atoms in total. The number of ketones is 2. The molecular formula is C26H32O6. The Morgan fingerprint density at radius 1 is 1.28 bits per heavy atom. The van der Waals surface area contributed by atoms with Gasteiger partial charge in [-0.2, -0.15) is 0 Å². The fourth-order valence-corrected chi connectivity index (χ4v) is 5.95. The second-order valence-electron chi connectivity index (χ2n) is 10.2. The number of hydrogen-bond acceptors (Lipinski definition) is 6. The Kier molecular flexibility index (Phi) is 5.48. The average Bonchev–Trinajstić information content (AvgIpc) is 3.02. The van der Waals surface area contributed by atoms with Crippen molar-refractivity contribution in [1.82, 2.24) is 0 Å². The second kappa shape index (κ2) is 7.77. The fourth-order valence-electron chi connectivity index (χ4n) is 5.95. The number of carbonyl (C=O) groups is 2. The summed E-state index contributed by atoms with van der Waals surface area (Å²) in [5.74, 6) is -0.523. The molecular weight excluding hydrogens is 408 g/mol. The van der Waals surface area contributed by atoms with Gasteiger partial charge in [-0.1, -0.05) is 32.9 Å². The molecule has 6 heteroatoms. The van der Waals surface area contributed by atoms with Crippen molar-refractivity contribution in [2.75, 3.05) is 13.7 Å². The number of benzene rings is 1. The largest absolute Gasteiger partial charge is 0.507 e. The molecule has 1 aromatic rings. The Hall–Kier alpha value is -2.60. The van der Waals surface area contributed by atoms with Crippen molar-refractivity contribution in [3.05, 3.63) is 46.7 Å². The quantitative estimate of drug-likeness (QED) is 0.656. The Balaban J connectivity index is 1.76. The van der Waals surface area contributed by atoms with Crippen molar-refractivity contribution in [3.8, 4) is 11.5 Å². The van der Waals surface area contributed by atoms with Crippen molar-refractivity contribution in [1.29, 1.82) is 0 Å². The molecule has 1 saturated carbocycles. The van der Waals surface area contributed by atoms with Crippen LogP contribution >= 0.6 is 0 Å². The number of hydrogen-bond donors (Lipinski definition) is 2. The number of allylic oxidation sites excluding steroid dienone is 3. The molecule has 1 fully saturated rings. The number of methoxy groups -OCH3 is 1. The van der Waals surface area contributed by atoms with E-state index in [1.807, 2.05) is 6.92 Å². The van der Waals surface area contributed by atoms with Crippen molar-refractivity contribution < 1.29 is 29.3 Å². The van der Waals surface area contributed by atoms with E-state index in [1.54, 1.807) is 0 Å². The number of phenolic OH excluding ortho intramolecular Hbond substituents is 1. The van der Waals surface area contributed by atoms with Crippen LogP contribution in [0.3, 0.4) is 0 Å². The van der Waals surface area contributed by atoms with Crippen LogP contribution in [-0.4, -0.2) is 41.6 Å². The third-order valence-electron chi connectivity index (χ3n) is 7.87. The Labute approximate surface area is 188 Å².